The van der Waals surface area contributed by atoms with E-state index in [4.69, 9.17) is 0 Å². The zero-order chi connectivity index (χ0) is 10.3. The van der Waals surface area contributed by atoms with Gasteiger partial charge >= 0.3 is 0 Å². The predicted molar refractivity (Wildman–Crippen MR) is 58.0 cm³/mol. The molecule has 0 unspecified atom stereocenters. The third kappa shape index (κ3) is 1.83. The molecule has 0 N–H and O–H groups in total. The maximum Gasteiger partial charge on any atom is 0.217 e. The minimum Gasteiger partial charge on any atom is -0.212 e. The van der Waals surface area contributed by atoms with E-state index in [2.05, 4.69) is 20.9 Å². The number of aromatic nitrogens is 1. The van der Waals surface area contributed by atoms with Crippen molar-refractivity contribution in [3.05, 3.63) is 27.7 Å². The molecule has 1 fully saturated rings. The van der Waals surface area contributed by atoms with Gasteiger partial charge in [-0.3, -0.25) is 0 Å². The van der Waals surface area contributed by atoms with Crippen molar-refractivity contribution in [1.29, 1.82) is 0 Å². The minimum absolute atomic E-state index is 0.214. The summed E-state index contributed by atoms with van der Waals surface area (Å²) < 4.78 is 14.2. The Hall–Kier alpha value is -0.440. The van der Waals surface area contributed by atoms with Crippen LogP contribution < -0.4 is 0 Å². The molecule has 0 bridgehead atoms. The molecular formula is C11H13BrFN. The van der Waals surface area contributed by atoms with Gasteiger partial charge in [-0.05, 0) is 52.2 Å². The van der Waals surface area contributed by atoms with Crippen molar-refractivity contribution < 1.29 is 4.39 Å². The van der Waals surface area contributed by atoms with E-state index in [1.165, 1.54) is 12.8 Å². The van der Waals surface area contributed by atoms with Crippen molar-refractivity contribution >= 4 is 15.9 Å². The monoisotopic (exact) mass is 257 g/mol. The topological polar surface area (TPSA) is 12.9 Å². The molecule has 1 aromatic rings. The van der Waals surface area contributed by atoms with E-state index in [0.29, 0.717) is 10.5 Å². The van der Waals surface area contributed by atoms with Crippen molar-refractivity contribution in [1.82, 2.24) is 4.98 Å². The van der Waals surface area contributed by atoms with Gasteiger partial charge in [-0.2, -0.15) is 4.39 Å². The largest absolute Gasteiger partial charge is 0.217 e. The lowest BCUT2D eigenvalue weighted by molar-refractivity contribution is 0.549. The van der Waals surface area contributed by atoms with Crippen LogP contribution in [0.15, 0.2) is 10.7 Å². The summed E-state index contributed by atoms with van der Waals surface area (Å²) in [6, 6.07) is 1.97. The summed E-state index contributed by atoms with van der Waals surface area (Å²) in [4.78, 5) is 3.82. The van der Waals surface area contributed by atoms with Gasteiger partial charge in [0.1, 0.15) is 4.60 Å². The van der Waals surface area contributed by atoms with Crippen LogP contribution in [0.2, 0.25) is 0 Å². The Labute approximate surface area is 91.9 Å². The van der Waals surface area contributed by atoms with E-state index in [0.717, 1.165) is 11.1 Å². The molecule has 1 aromatic heterocycles. The molecule has 3 heteroatoms. The highest BCUT2D eigenvalue weighted by Gasteiger charge is 2.29. The van der Waals surface area contributed by atoms with Gasteiger partial charge in [0.25, 0.3) is 0 Å². The fourth-order valence-electron chi connectivity index (χ4n) is 1.82. The van der Waals surface area contributed by atoms with E-state index in [1.807, 2.05) is 19.9 Å². The van der Waals surface area contributed by atoms with Crippen molar-refractivity contribution in [2.24, 2.45) is 0 Å². The number of nitrogens with zero attached hydrogens (tertiary/aromatic N) is 1. The van der Waals surface area contributed by atoms with Gasteiger partial charge in [-0.25, -0.2) is 4.98 Å². The van der Waals surface area contributed by atoms with Crippen LogP contribution >= 0.6 is 15.9 Å². The first kappa shape index (κ1) is 10.1. The zero-order valence-corrected chi connectivity index (χ0v) is 9.94. The summed E-state index contributed by atoms with van der Waals surface area (Å²) in [7, 11) is 0. The molecule has 0 radical (unpaired) electrons. The van der Waals surface area contributed by atoms with Crippen LogP contribution in [0.25, 0.3) is 0 Å². The molecule has 14 heavy (non-hydrogen) atoms. The molecule has 0 amide bonds. The number of hydrogen-bond acceptors (Lipinski definition) is 1. The average Bonchev–Trinajstić information content (AvgIpc) is 2.82. The third-order valence-electron chi connectivity index (χ3n) is 2.61. The highest BCUT2D eigenvalue weighted by molar-refractivity contribution is 9.10. The van der Waals surface area contributed by atoms with Gasteiger partial charge in [-0.1, -0.05) is 13.8 Å². The van der Waals surface area contributed by atoms with Gasteiger partial charge < -0.3 is 0 Å². The van der Waals surface area contributed by atoms with Gasteiger partial charge in [0.15, 0.2) is 0 Å². The van der Waals surface area contributed by atoms with Crippen molar-refractivity contribution in [3.8, 4) is 0 Å². The quantitative estimate of drug-likeness (QED) is 0.731. The average molecular weight is 258 g/mol. The Bertz CT molecular complexity index is 359. The van der Waals surface area contributed by atoms with Crippen molar-refractivity contribution in [2.45, 2.75) is 38.5 Å². The third-order valence-corrected chi connectivity index (χ3v) is 3.01. The van der Waals surface area contributed by atoms with E-state index in [9.17, 15) is 4.39 Å². The van der Waals surface area contributed by atoms with Crippen LogP contribution in [0.5, 0.6) is 0 Å². The van der Waals surface area contributed by atoms with Crippen LogP contribution in [-0.2, 0) is 0 Å². The molecule has 0 spiro atoms. The Balaban J connectivity index is 2.53. The lowest BCUT2D eigenvalue weighted by Crippen LogP contribution is -2.02. The fourth-order valence-corrected chi connectivity index (χ4v) is 2.22. The SMILES string of the molecule is CC(C)c1c(C2CC2)cc(Br)nc1F. The Morgan fingerprint density at radius 3 is 2.64 bits per heavy atom. The van der Waals surface area contributed by atoms with E-state index >= 15 is 0 Å². The molecule has 1 aliphatic carbocycles. The Morgan fingerprint density at radius 1 is 1.50 bits per heavy atom. The molecule has 76 valence electrons. The predicted octanol–water partition coefficient (Wildman–Crippen LogP) is 3.98. The smallest absolute Gasteiger partial charge is 0.212 e. The molecule has 1 heterocycles. The zero-order valence-electron chi connectivity index (χ0n) is 8.35. The Kier molecular flexibility index (Phi) is 2.60. The molecule has 0 aliphatic heterocycles. The molecule has 0 atom stereocenters. The van der Waals surface area contributed by atoms with Crippen LogP contribution in [0.3, 0.4) is 0 Å². The molecular weight excluding hydrogens is 245 g/mol. The van der Waals surface area contributed by atoms with E-state index in [-0.39, 0.29) is 11.9 Å². The van der Waals surface area contributed by atoms with Crippen molar-refractivity contribution in [2.75, 3.05) is 0 Å². The number of rotatable bonds is 2. The van der Waals surface area contributed by atoms with E-state index in [1.54, 1.807) is 0 Å². The van der Waals surface area contributed by atoms with Crippen LogP contribution in [0.4, 0.5) is 4.39 Å². The summed E-state index contributed by atoms with van der Waals surface area (Å²) in [6.07, 6.45) is 2.38. The summed E-state index contributed by atoms with van der Waals surface area (Å²) >= 11 is 3.24. The second kappa shape index (κ2) is 3.61. The maximum atomic E-state index is 13.6. The maximum absolute atomic E-state index is 13.6. The molecule has 0 saturated heterocycles. The fraction of sp³-hybridized carbons (Fsp3) is 0.545. The van der Waals surface area contributed by atoms with Crippen LogP contribution in [-0.4, -0.2) is 4.98 Å². The van der Waals surface area contributed by atoms with Crippen LogP contribution in [0.1, 0.15) is 49.7 Å². The number of hydrogen-bond donors (Lipinski definition) is 0. The van der Waals surface area contributed by atoms with Crippen molar-refractivity contribution in [3.63, 3.8) is 0 Å². The summed E-state index contributed by atoms with van der Waals surface area (Å²) in [5, 5.41) is 0. The lowest BCUT2D eigenvalue weighted by atomic mass is 9.96. The second-order valence-corrected chi connectivity index (χ2v) is 4.98. The molecule has 0 aromatic carbocycles. The first-order valence-corrected chi connectivity index (χ1v) is 5.74. The molecule has 1 saturated carbocycles. The van der Waals surface area contributed by atoms with E-state index < -0.39 is 0 Å². The molecule has 1 aliphatic rings. The lowest BCUT2D eigenvalue weighted by Gasteiger charge is -2.12. The van der Waals surface area contributed by atoms with Gasteiger partial charge in [0.2, 0.25) is 5.95 Å². The highest BCUT2D eigenvalue weighted by atomic mass is 79.9. The van der Waals surface area contributed by atoms with Gasteiger partial charge in [0, 0.05) is 5.56 Å². The highest BCUT2D eigenvalue weighted by Crippen LogP contribution is 2.44. The summed E-state index contributed by atoms with van der Waals surface area (Å²) in [5.41, 5.74) is 1.95. The van der Waals surface area contributed by atoms with Crippen LogP contribution in [0, 0.1) is 5.95 Å². The number of halogens is 2. The summed E-state index contributed by atoms with van der Waals surface area (Å²) in [6.45, 7) is 4.03. The first-order valence-electron chi connectivity index (χ1n) is 4.95. The number of pyridine rings is 1. The normalized spacial score (nSPS) is 16.4. The van der Waals surface area contributed by atoms with Gasteiger partial charge in [-0.15, -0.1) is 0 Å². The second-order valence-electron chi connectivity index (χ2n) is 4.17. The van der Waals surface area contributed by atoms with Gasteiger partial charge in [0.05, 0.1) is 0 Å². The molecule has 2 rings (SSSR count). The Morgan fingerprint density at radius 2 is 2.14 bits per heavy atom. The first-order chi connectivity index (χ1) is 6.59. The minimum atomic E-state index is -0.309. The molecule has 1 nitrogen and oxygen atoms in total. The standard InChI is InChI=1S/C11H13BrFN/c1-6(2)10-8(7-3-4-7)5-9(12)14-11(10)13/h5-7H,3-4H2,1-2H3. The summed E-state index contributed by atoms with van der Waals surface area (Å²) in [5.74, 6) is 0.476.